The topological polar surface area (TPSA) is 24.9 Å². The van der Waals surface area contributed by atoms with E-state index in [1.807, 2.05) is 0 Å². The molecule has 19 heavy (non-hydrogen) atoms. The maximum absolute atomic E-state index is 12.8. The van der Waals surface area contributed by atoms with Crippen LogP contribution in [-0.2, 0) is 6.18 Å². The Balaban J connectivity index is 2.79. The normalized spacial score (nSPS) is 11.9. The van der Waals surface area contributed by atoms with Gasteiger partial charge in [0.1, 0.15) is 5.69 Å². The second-order valence-electron chi connectivity index (χ2n) is 3.87. The molecule has 2 aromatic rings. The number of fused-ring (bicyclic) bond motifs is 1. The smallest absolute Gasteiger partial charge is 0.385 e. The number of benzene rings is 1. The lowest BCUT2D eigenvalue weighted by molar-refractivity contribution is -0.140. The second kappa shape index (κ2) is 5.06. The summed E-state index contributed by atoms with van der Waals surface area (Å²) in [5.74, 6) is 0. The van der Waals surface area contributed by atoms with Crippen molar-refractivity contribution in [3.63, 3.8) is 0 Å². The van der Waals surface area contributed by atoms with Gasteiger partial charge < -0.3 is 5.32 Å². The molecule has 0 unspecified atom stereocenters. The van der Waals surface area contributed by atoms with Crippen molar-refractivity contribution in [1.29, 1.82) is 0 Å². The van der Waals surface area contributed by atoms with Crippen molar-refractivity contribution >= 4 is 39.8 Å². The van der Waals surface area contributed by atoms with E-state index in [0.29, 0.717) is 22.6 Å². The lowest BCUT2D eigenvalue weighted by Gasteiger charge is -2.13. The molecule has 1 aromatic heterocycles. The number of hydrogen-bond acceptors (Lipinski definition) is 2. The second-order valence-corrected chi connectivity index (χ2v) is 4.71. The van der Waals surface area contributed by atoms with Gasteiger partial charge in [-0.25, -0.2) is 4.98 Å². The average Bonchev–Trinajstić information content (AvgIpc) is 2.28. The molecule has 0 aliphatic carbocycles. The van der Waals surface area contributed by atoms with Gasteiger partial charge in [0.2, 0.25) is 0 Å². The van der Waals surface area contributed by atoms with Crippen LogP contribution in [0, 0.1) is 0 Å². The minimum absolute atomic E-state index is 0.0804. The number of hydrogen-bond donors (Lipinski definition) is 1. The van der Waals surface area contributed by atoms with Crippen LogP contribution in [0.3, 0.4) is 0 Å². The standard InChI is InChI=1S/C12H9Cl2F3N2/c1-2-18-9-5-10(12(15,16)17)19-11-7(9)3-6(13)4-8(11)14/h3-5H,2H2,1H3,(H,18,19). The Labute approximate surface area is 117 Å². The lowest BCUT2D eigenvalue weighted by atomic mass is 10.1. The SMILES string of the molecule is CCNc1cc(C(F)(F)F)nc2c(Cl)cc(Cl)cc12. The Hall–Kier alpha value is -1.20. The summed E-state index contributed by atoms with van der Waals surface area (Å²) >= 11 is 11.8. The van der Waals surface area contributed by atoms with E-state index in [2.05, 4.69) is 10.3 Å². The van der Waals surface area contributed by atoms with Crippen LogP contribution in [-0.4, -0.2) is 11.5 Å². The fourth-order valence-corrected chi connectivity index (χ4v) is 2.27. The fourth-order valence-electron chi connectivity index (χ4n) is 1.73. The summed E-state index contributed by atoms with van der Waals surface area (Å²) in [6.07, 6.45) is -4.53. The van der Waals surface area contributed by atoms with E-state index in [4.69, 9.17) is 23.2 Å². The van der Waals surface area contributed by atoms with Gasteiger partial charge in [-0.2, -0.15) is 13.2 Å². The predicted molar refractivity (Wildman–Crippen MR) is 70.9 cm³/mol. The molecule has 0 aliphatic heterocycles. The largest absolute Gasteiger partial charge is 0.433 e. The highest BCUT2D eigenvalue weighted by Crippen LogP contribution is 2.36. The molecular weight excluding hydrogens is 300 g/mol. The van der Waals surface area contributed by atoms with Crippen LogP contribution in [0.1, 0.15) is 12.6 Å². The molecule has 0 atom stereocenters. The van der Waals surface area contributed by atoms with Crippen molar-refractivity contribution in [1.82, 2.24) is 4.98 Å². The Kier molecular flexibility index (Phi) is 3.78. The highest BCUT2D eigenvalue weighted by atomic mass is 35.5. The first-order chi connectivity index (χ1) is 8.82. The van der Waals surface area contributed by atoms with Gasteiger partial charge in [0.15, 0.2) is 0 Å². The molecule has 1 N–H and O–H groups in total. The third-order valence-electron chi connectivity index (χ3n) is 2.49. The van der Waals surface area contributed by atoms with E-state index in [-0.39, 0.29) is 10.5 Å². The van der Waals surface area contributed by atoms with Gasteiger partial charge in [-0.3, -0.25) is 0 Å². The maximum atomic E-state index is 12.8. The zero-order valence-corrected chi connectivity index (χ0v) is 11.3. The van der Waals surface area contributed by atoms with Gasteiger partial charge in [-0.15, -0.1) is 0 Å². The average molecular weight is 309 g/mol. The number of aromatic nitrogens is 1. The van der Waals surface area contributed by atoms with Crippen LogP contribution in [0.2, 0.25) is 10.0 Å². The number of halogens is 5. The van der Waals surface area contributed by atoms with Gasteiger partial charge in [-0.05, 0) is 25.1 Å². The van der Waals surface area contributed by atoms with Gasteiger partial charge >= 0.3 is 6.18 Å². The van der Waals surface area contributed by atoms with E-state index in [9.17, 15) is 13.2 Å². The van der Waals surface area contributed by atoms with Gasteiger partial charge in [0.05, 0.1) is 10.5 Å². The minimum atomic E-state index is -4.53. The summed E-state index contributed by atoms with van der Waals surface area (Å²) in [4.78, 5) is 3.57. The molecule has 0 saturated heterocycles. The van der Waals surface area contributed by atoms with Crippen molar-refractivity contribution in [3.8, 4) is 0 Å². The number of anilines is 1. The third kappa shape index (κ3) is 2.87. The van der Waals surface area contributed by atoms with Crippen molar-refractivity contribution in [2.75, 3.05) is 11.9 Å². The monoisotopic (exact) mass is 308 g/mol. The molecule has 0 radical (unpaired) electrons. The molecule has 7 heteroatoms. The van der Waals surface area contributed by atoms with E-state index in [1.165, 1.54) is 12.1 Å². The van der Waals surface area contributed by atoms with Crippen molar-refractivity contribution < 1.29 is 13.2 Å². The van der Waals surface area contributed by atoms with Crippen molar-refractivity contribution in [2.24, 2.45) is 0 Å². The third-order valence-corrected chi connectivity index (χ3v) is 3.00. The quantitative estimate of drug-likeness (QED) is 0.845. The summed E-state index contributed by atoms with van der Waals surface area (Å²) < 4.78 is 38.4. The van der Waals surface area contributed by atoms with Crippen molar-refractivity contribution in [2.45, 2.75) is 13.1 Å². The van der Waals surface area contributed by atoms with Crippen LogP contribution in [0.4, 0.5) is 18.9 Å². The molecular formula is C12H9Cl2F3N2. The highest BCUT2D eigenvalue weighted by Gasteiger charge is 2.33. The first-order valence-electron chi connectivity index (χ1n) is 5.43. The Bertz CT molecular complexity index is 626. The lowest BCUT2D eigenvalue weighted by Crippen LogP contribution is -2.10. The van der Waals surface area contributed by atoms with E-state index >= 15 is 0 Å². The van der Waals surface area contributed by atoms with E-state index < -0.39 is 11.9 Å². The molecule has 0 bridgehead atoms. The molecule has 2 nitrogen and oxygen atoms in total. The highest BCUT2D eigenvalue weighted by molar-refractivity contribution is 6.38. The summed E-state index contributed by atoms with van der Waals surface area (Å²) in [6.45, 7) is 2.26. The van der Waals surface area contributed by atoms with E-state index in [1.54, 1.807) is 6.92 Å². The van der Waals surface area contributed by atoms with Gasteiger partial charge in [-0.1, -0.05) is 23.2 Å². The summed E-state index contributed by atoms with van der Waals surface area (Å²) in [5, 5.41) is 3.76. The van der Waals surface area contributed by atoms with Crippen LogP contribution < -0.4 is 5.32 Å². The first kappa shape index (κ1) is 14.2. The molecule has 2 rings (SSSR count). The number of pyridine rings is 1. The molecule has 0 saturated carbocycles. The Morgan fingerprint density at radius 3 is 2.47 bits per heavy atom. The molecule has 0 fully saturated rings. The van der Waals surface area contributed by atoms with Crippen LogP contribution in [0.15, 0.2) is 18.2 Å². The molecule has 102 valence electrons. The predicted octanol–water partition coefficient (Wildman–Crippen LogP) is 4.99. The minimum Gasteiger partial charge on any atom is -0.385 e. The van der Waals surface area contributed by atoms with E-state index in [0.717, 1.165) is 6.07 Å². The number of nitrogens with zero attached hydrogens (tertiary/aromatic N) is 1. The van der Waals surface area contributed by atoms with Crippen molar-refractivity contribution in [3.05, 3.63) is 33.9 Å². The molecule has 0 amide bonds. The molecule has 0 spiro atoms. The van der Waals surface area contributed by atoms with Crippen LogP contribution in [0.25, 0.3) is 10.9 Å². The zero-order chi connectivity index (χ0) is 14.2. The number of alkyl halides is 3. The molecule has 1 aromatic carbocycles. The molecule has 1 heterocycles. The number of nitrogens with one attached hydrogen (secondary N) is 1. The summed E-state index contributed by atoms with van der Waals surface area (Å²) in [7, 11) is 0. The maximum Gasteiger partial charge on any atom is 0.433 e. The first-order valence-corrected chi connectivity index (χ1v) is 6.19. The Morgan fingerprint density at radius 1 is 1.21 bits per heavy atom. The molecule has 0 aliphatic rings. The fraction of sp³-hybridized carbons (Fsp3) is 0.250. The van der Waals surface area contributed by atoms with Crippen LogP contribution in [0.5, 0.6) is 0 Å². The summed E-state index contributed by atoms with van der Waals surface area (Å²) in [6, 6.07) is 3.86. The summed E-state index contributed by atoms with van der Waals surface area (Å²) in [5.41, 5.74) is -0.596. The van der Waals surface area contributed by atoms with Gasteiger partial charge in [0, 0.05) is 22.6 Å². The van der Waals surface area contributed by atoms with Crippen LogP contribution >= 0.6 is 23.2 Å². The zero-order valence-electron chi connectivity index (χ0n) is 9.78. The van der Waals surface area contributed by atoms with Gasteiger partial charge in [0.25, 0.3) is 0 Å². The number of rotatable bonds is 2. The Morgan fingerprint density at radius 2 is 1.89 bits per heavy atom.